The van der Waals surface area contributed by atoms with Gasteiger partial charge in [0.15, 0.2) is 5.65 Å². The fourth-order valence-corrected chi connectivity index (χ4v) is 2.31. The molecule has 1 unspecified atom stereocenters. The van der Waals surface area contributed by atoms with E-state index in [9.17, 15) is 0 Å². The van der Waals surface area contributed by atoms with E-state index >= 15 is 0 Å². The summed E-state index contributed by atoms with van der Waals surface area (Å²) in [5.41, 5.74) is 8.48. The molecule has 0 aromatic carbocycles. The van der Waals surface area contributed by atoms with Crippen molar-refractivity contribution in [3.05, 3.63) is 24.2 Å². The normalized spacial score (nSPS) is 21.4. The molecule has 0 amide bonds. The Kier molecular flexibility index (Phi) is 2.25. The van der Waals surface area contributed by atoms with Crippen LogP contribution in [0.5, 0.6) is 0 Å². The van der Waals surface area contributed by atoms with Crippen molar-refractivity contribution in [3.8, 4) is 0 Å². The van der Waals surface area contributed by atoms with E-state index in [1.165, 1.54) is 18.4 Å². The van der Waals surface area contributed by atoms with Gasteiger partial charge in [-0.05, 0) is 19.4 Å². The molecule has 0 saturated carbocycles. The molecule has 5 heteroatoms. The zero-order valence-electron chi connectivity index (χ0n) is 9.06. The molecule has 0 radical (unpaired) electrons. The van der Waals surface area contributed by atoms with Gasteiger partial charge in [-0.15, -0.1) is 0 Å². The van der Waals surface area contributed by atoms with Crippen molar-refractivity contribution in [1.82, 2.24) is 19.9 Å². The van der Waals surface area contributed by atoms with Gasteiger partial charge in [-0.2, -0.15) is 5.10 Å². The lowest BCUT2D eigenvalue weighted by atomic mass is 9.94. The van der Waals surface area contributed by atoms with Gasteiger partial charge in [0.2, 0.25) is 0 Å². The Morgan fingerprint density at radius 3 is 3.19 bits per heavy atom. The highest BCUT2D eigenvalue weighted by Gasteiger charge is 2.19. The molecule has 1 fully saturated rings. The van der Waals surface area contributed by atoms with Crippen LogP contribution in [0.25, 0.3) is 5.65 Å². The second kappa shape index (κ2) is 3.75. The lowest BCUT2D eigenvalue weighted by Gasteiger charge is -2.21. The summed E-state index contributed by atoms with van der Waals surface area (Å²) in [6.07, 6.45) is 7.84. The minimum absolute atomic E-state index is 0.530. The Bertz CT molecular complexity index is 498. The second-order valence-corrected chi connectivity index (χ2v) is 4.30. The third-order valence-corrected chi connectivity index (χ3v) is 3.14. The van der Waals surface area contributed by atoms with E-state index in [0.717, 1.165) is 18.7 Å². The summed E-state index contributed by atoms with van der Waals surface area (Å²) >= 11 is 0. The van der Waals surface area contributed by atoms with Crippen LogP contribution in [0.3, 0.4) is 0 Å². The summed E-state index contributed by atoms with van der Waals surface area (Å²) in [5.74, 6) is 0.530. The predicted octanol–water partition coefficient (Wildman–Crippen LogP) is 0.778. The molecule has 3 heterocycles. The van der Waals surface area contributed by atoms with Crippen LogP contribution in [0.15, 0.2) is 18.6 Å². The quantitative estimate of drug-likeness (QED) is 0.740. The van der Waals surface area contributed by atoms with E-state index in [2.05, 4.69) is 15.4 Å². The van der Waals surface area contributed by atoms with Crippen LogP contribution in [0.2, 0.25) is 0 Å². The number of nitrogens with two attached hydrogens (primary N) is 1. The van der Waals surface area contributed by atoms with Crippen LogP contribution in [0.1, 0.15) is 24.3 Å². The van der Waals surface area contributed by atoms with Crippen molar-refractivity contribution >= 4 is 11.3 Å². The number of aromatic nitrogens is 3. The van der Waals surface area contributed by atoms with E-state index in [1.54, 1.807) is 10.7 Å². The van der Waals surface area contributed by atoms with Crippen molar-refractivity contribution in [2.24, 2.45) is 0 Å². The van der Waals surface area contributed by atoms with Gasteiger partial charge in [-0.25, -0.2) is 9.50 Å². The average Bonchev–Trinajstić information content (AvgIpc) is 2.73. The smallest absolute Gasteiger partial charge is 0.158 e. The van der Waals surface area contributed by atoms with Crippen LogP contribution in [-0.2, 0) is 0 Å². The minimum Gasteiger partial charge on any atom is -0.396 e. The number of nitrogen functional groups attached to an aromatic ring is 1. The fraction of sp³-hybridized carbons (Fsp3) is 0.455. The molecule has 1 aliphatic heterocycles. The van der Waals surface area contributed by atoms with Gasteiger partial charge in [0.05, 0.1) is 24.3 Å². The van der Waals surface area contributed by atoms with Crippen LogP contribution < -0.4 is 11.1 Å². The number of piperidine rings is 1. The highest BCUT2D eigenvalue weighted by atomic mass is 15.2. The number of anilines is 1. The van der Waals surface area contributed by atoms with Gasteiger partial charge in [0, 0.05) is 18.0 Å². The largest absolute Gasteiger partial charge is 0.396 e. The number of hydrogen-bond acceptors (Lipinski definition) is 4. The monoisotopic (exact) mass is 217 g/mol. The number of rotatable bonds is 1. The van der Waals surface area contributed by atoms with Gasteiger partial charge in [-0.3, -0.25) is 0 Å². The van der Waals surface area contributed by atoms with E-state index in [0.29, 0.717) is 11.6 Å². The molecule has 0 spiro atoms. The molecule has 16 heavy (non-hydrogen) atoms. The molecule has 0 aliphatic carbocycles. The molecule has 3 N–H and O–H groups in total. The van der Waals surface area contributed by atoms with Crippen LogP contribution in [0, 0.1) is 0 Å². The molecule has 2 aromatic rings. The van der Waals surface area contributed by atoms with Gasteiger partial charge in [0.25, 0.3) is 0 Å². The third-order valence-electron chi connectivity index (χ3n) is 3.14. The van der Waals surface area contributed by atoms with Gasteiger partial charge in [-0.1, -0.05) is 0 Å². The van der Waals surface area contributed by atoms with Gasteiger partial charge < -0.3 is 11.1 Å². The summed E-state index contributed by atoms with van der Waals surface area (Å²) in [7, 11) is 0. The first-order valence-corrected chi connectivity index (χ1v) is 5.64. The van der Waals surface area contributed by atoms with Crippen molar-refractivity contribution in [2.45, 2.75) is 18.8 Å². The number of nitrogens with one attached hydrogen (secondary N) is 1. The standard InChI is InChI=1S/C11H15N5/c12-9-5-14-11-10(6-15-16(11)7-9)8-2-1-3-13-4-8/h5-8,13H,1-4,12H2. The lowest BCUT2D eigenvalue weighted by Crippen LogP contribution is -2.28. The van der Waals surface area contributed by atoms with Crippen LogP contribution >= 0.6 is 0 Å². The highest BCUT2D eigenvalue weighted by Crippen LogP contribution is 2.25. The Balaban J connectivity index is 2.03. The first kappa shape index (κ1) is 9.59. The van der Waals surface area contributed by atoms with Crippen LogP contribution in [0.4, 0.5) is 5.69 Å². The summed E-state index contributed by atoms with van der Waals surface area (Å²) in [5, 5.41) is 7.71. The maximum atomic E-state index is 5.68. The second-order valence-electron chi connectivity index (χ2n) is 4.30. The molecule has 2 aromatic heterocycles. The van der Waals surface area contributed by atoms with Crippen molar-refractivity contribution in [2.75, 3.05) is 18.8 Å². The number of fused-ring (bicyclic) bond motifs is 1. The zero-order valence-corrected chi connectivity index (χ0v) is 9.06. The van der Waals surface area contributed by atoms with E-state index in [1.807, 2.05) is 12.4 Å². The molecule has 1 saturated heterocycles. The summed E-state index contributed by atoms with van der Waals surface area (Å²) in [4.78, 5) is 4.36. The molecule has 1 aliphatic rings. The summed E-state index contributed by atoms with van der Waals surface area (Å²) < 4.78 is 1.76. The molecular formula is C11H15N5. The summed E-state index contributed by atoms with van der Waals surface area (Å²) in [6.45, 7) is 2.14. The van der Waals surface area contributed by atoms with E-state index < -0.39 is 0 Å². The molecule has 1 atom stereocenters. The molecule has 0 bridgehead atoms. The Hall–Kier alpha value is -1.62. The predicted molar refractivity (Wildman–Crippen MR) is 62.2 cm³/mol. The highest BCUT2D eigenvalue weighted by molar-refractivity contribution is 5.51. The molecule has 5 nitrogen and oxygen atoms in total. The summed E-state index contributed by atoms with van der Waals surface area (Å²) in [6, 6.07) is 0. The number of nitrogens with zero attached hydrogens (tertiary/aromatic N) is 3. The Morgan fingerprint density at radius 1 is 1.44 bits per heavy atom. The number of hydrogen-bond donors (Lipinski definition) is 2. The maximum absolute atomic E-state index is 5.68. The topological polar surface area (TPSA) is 68.2 Å². The van der Waals surface area contributed by atoms with Gasteiger partial charge in [0.1, 0.15) is 0 Å². The first-order chi connectivity index (χ1) is 7.84. The third kappa shape index (κ3) is 1.53. The molecule has 84 valence electrons. The molecule has 3 rings (SSSR count). The van der Waals surface area contributed by atoms with Crippen LogP contribution in [-0.4, -0.2) is 27.7 Å². The fourth-order valence-electron chi connectivity index (χ4n) is 2.31. The van der Waals surface area contributed by atoms with Crippen molar-refractivity contribution in [3.63, 3.8) is 0 Å². The van der Waals surface area contributed by atoms with Crippen molar-refractivity contribution in [1.29, 1.82) is 0 Å². The van der Waals surface area contributed by atoms with E-state index in [4.69, 9.17) is 5.73 Å². The van der Waals surface area contributed by atoms with E-state index in [-0.39, 0.29) is 0 Å². The average molecular weight is 217 g/mol. The Morgan fingerprint density at radius 2 is 2.38 bits per heavy atom. The molecular weight excluding hydrogens is 202 g/mol. The van der Waals surface area contributed by atoms with Gasteiger partial charge >= 0.3 is 0 Å². The van der Waals surface area contributed by atoms with Crippen molar-refractivity contribution < 1.29 is 0 Å². The maximum Gasteiger partial charge on any atom is 0.158 e. The zero-order chi connectivity index (χ0) is 11.0. The minimum atomic E-state index is 0.530. The lowest BCUT2D eigenvalue weighted by molar-refractivity contribution is 0.463. The first-order valence-electron chi connectivity index (χ1n) is 5.64. The Labute approximate surface area is 93.7 Å². The SMILES string of the molecule is Nc1cnc2c(C3CCCNC3)cnn2c1.